The first-order valence-electron chi connectivity index (χ1n) is 5.52. The molecule has 0 aliphatic carbocycles. The summed E-state index contributed by atoms with van der Waals surface area (Å²) < 4.78 is 13.0. The zero-order chi connectivity index (χ0) is 13.0. The van der Waals surface area contributed by atoms with Crippen LogP contribution in [0, 0.1) is 13.8 Å². The van der Waals surface area contributed by atoms with Gasteiger partial charge >= 0.3 is 0 Å². The van der Waals surface area contributed by atoms with Gasteiger partial charge in [0.2, 0.25) is 0 Å². The molecule has 1 N–H and O–H groups in total. The molecule has 1 amide bonds. The number of alkyl halides is 1. The van der Waals surface area contributed by atoms with Crippen molar-refractivity contribution in [3.8, 4) is 0 Å². The molecule has 0 aliphatic rings. The summed E-state index contributed by atoms with van der Waals surface area (Å²) in [6.07, 6.45) is -1.71. The van der Waals surface area contributed by atoms with Gasteiger partial charge in [-0.2, -0.15) is 0 Å². The summed E-state index contributed by atoms with van der Waals surface area (Å²) in [5, 5.41) is 2.42. The van der Waals surface area contributed by atoms with Gasteiger partial charge in [-0.15, -0.1) is 0 Å². The maximum absolute atomic E-state index is 13.0. The van der Waals surface area contributed by atoms with Gasteiger partial charge < -0.3 is 5.32 Å². The van der Waals surface area contributed by atoms with Gasteiger partial charge in [-0.25, -0.2) is 4.39 Å². The van der Waals surface area contributed by atoms with Gasteiger partial charge in [0.25, 0.3) is 11.7 Å². The largest absolute Gasteiger partial charge is 0.319 e. The lowest BCUT2D eigenvalue weighted by atomic mass is 10.1. The summed E-state index contributed by atoms with van der Waals surface area (Å²) in [5.41, 5.74) is 2.44. The summed E-state index contributed by atoms with van der Waals surface area (Å²) in [6, 6.07) is 5.40. The number of carbonyl (C=O) groups excluding carboxylic acids is 2. The Bertz CT molecular complexity index is 443. The van der Waals surface area contributed by atoms with E-state index in [0.29, 0.717) is 5.69 Å². The second kappa shape index (κ2) is 5.57. The Morgan fingerprint density at radius 3 is 2.53 bits per heavy atom. The molecule has 0 aromatic heterocycles. The normalized spacial score (nSPS) is 12.0. The maximum atomic E-state index is 13.0. The molecule has 0 bridgehead atoms. The molecule has 17 heavy (non-hydrogen) atoms. The van der Waals surface area contributed by atoms with Gasteiger partial charge in [-0.05, 0) is 31.9 Å². The van der Waals surface area contributed by atoms with Gasteiger partial charge in [0, 0.05) is 5.69 Å². The molecule has 1 rings (SSSR count). The van der Waals surface area contributed by atoms with Crippen LogP contribution in [0.2, 0.25) is 0 Å². The smallest absolute Gasteiger partial charge is 0.294 e. The third-order valence-electron chi connectivity index (χ3n) is 2.50. The van der Waals surface area contributed by atoms with Crippen LogP contribution in [0.25, 0.3) is 0 Å². The number of ketones is 1. The maximum Gasteiger partial charge on any atom is 0.294 e. The quantitative estimate of drug-likeness (QED) is 0.818. The van der Waals surface area contributed by atoms with Gasteiger partial charge in [-0.3, -0.25) is 9.59 Å². The van der Waals surface area contributed by atoms with Crippen LogP contribution >= 0.6 is 0 Å². The molecule has 4 heteroatoms. The SMILES string of the molecule is CCC(F)C(=O)C(=O)Nc1ccc(C)cc1C. The molecule has 0 aliphatic heterocycles. The van der Waals surface area contributed by atoms with Crippen molar-refractivity contribution in [2.75, 3.05) is 5.32 Å². The van der Waals surface area contributed by atoms with E-state index in [0.717, 1.165) is 11.1 Å². The monoisotopic (exact) mass is 237 g/mol. The van der Waals surface area contributed by atoms with E-state index in [1.54, 1.807) is 6.07 Å². The molecular weight excluding hydrogens is 221 g/mol. The van der Waals surface area contributed by atoms with Crippen LogP contribution in [0.15, 0.2) is 18.2 Å². The standard InChI is InChI=1S/C13H16FNO2/c1-4-10(14)12(16)13(17)15-11-6-5-8(2)7-9(11)3/h5-7,10H,4H2,1-3H3,(H,15,17). The van der Waals surface area contributed by atoms with E-state index in [2.05, 4.69) is 5.32 Å². The second-order valence-electron chi connectivity index (χ2n) is 4.01. The van der Waals surface area contributed by atoms with Crippen LogP contribution in [0.4, 0.5) is 10.1 Å². The molecule has 0 saturated heterocycles. The zero-order valence-corrected chi connectivity index (χ0v) is 10.2. The first kappa shape index (κ1) is 13.4. The van der Waals surface area contributed by atoms with E-state index in [4.69, 9.17) is 0 Å². The Labute approximate surface area is 100 Å². The molecule has 0 fully saturated rings. The lowest BCUT2D eigenvalue weighted by molar-refractivity contribution is -0.137. The molecular formula is C13H16FNO2. The number of Topliss-reactive ketones (excluding diaryl/α,β-unsaturated/α-hetero) is 1. The number of carbonyl (C=O) groups is 2. The Hall–Kier alpha value is -1.71. The minimum Gasteiger partial charge on any atom is -0.319 e. The number of halogens is 1. The zero-order valence-electron chi connectivity index (χ0n) is 10.2. The van der Waals surface area contributed by atoms with Crippen LogP contribution in [0.1, 0.15) is 24.5 Å². The minimum atomic E-state index is -1.72. The highest BCUT2D eigenvalue weighted by Gasteiger charge is 2.23. The van der Waals surface area contributed by atoms with Gasteiger partial charge in [-0.1, -0.05) is 24.6 Å². The fourth-order valence-corrected chi connectivity index (χ4v) is 1.47. The van der Waals surface area contributed by atoms with Gasteiger partial charge in [0.15, 0.2) is 6.17 Å². The first-order chi connectivity index (χ1) is 7.95. The molecule has 0 saturated carbocycles. The van der Waals surface area contributed by atoms with Crippen molar-refractivity contribution < 1.29 is 14.0 Å². The van der Waals surface area contributed by atoms with Crippen LogP contribution < -0.4 is 5.32 Å². The van der Waals surface area contributed by atoms with Crippen molar-refractivity contribution in [2.24, 2.45) is 0 Å². The Kier molecular flexibility index (Phi) is 4.37. The highest BCUT2D eigenvalue weighted by molar-refractivity contribution is 6.42. The number of aryl methyl sites for hydroxylation is 2. The third kappa shape index (κ3) is 3.37. The summed E-state index contributed by atoms with van der Waals surface area (Å²) in [4.78, 5) is 22.7. The Morgan fingerprint density at radius 2 is 2.00 bits per heavy atom. The van der Waals surface area contributed by atoms with Crippen LogP contribution in [0.5, 0.6) is 0 Å². The van der Waals surface area contributed by atoms with Crippen molar-refractivity contribution in [1.29, 1.82) is 0 Å². The first-order valence-corrected chi connectivity index (χ1v) is 5.52. The number of nitrogens with one attached hydrogen (secondary N) is 1. The molecule has 3 nitrogen and oxygen atoms in total. The number of hydrogen-bond donors (Lipinski definition) is 1. The summed E-state index contributed by atoms with van der Waals surface area (Å²) in [5.74, 6) is -1.92. The fourth-order valence-electron chi connectivity index (χ4n) is 1.47. The van der Waals surface area contributed by atoms with Gasteiger partial charge in [0.05, 0.1) is 0 Å². The van der Waals surface area contributed by atoms with E-state index in [9.17, 15) is 14.0 Å². The van der Waals surface area contributed by atoms with E-state index in [1.807, 2.05) is 26.0 Å². The predicted molar refractivity (Wildman–Crippen MR) is 64.7 cm³/mol. The van der Waals surface area contributed by atoms with Crippen molar-refractivity contribution in [3.05, 3.63) is 29.3 Å². The highest BCUT2D eigenvalue weighted by Crippen LogP contribution is 2.16. The van der Waals surface area contributed by atoms with Crippen molar-refractivity contribution in [1.82, 2.24) is 0 Å². The van der Waals surface area contributed by atoms with Crippen LogP contribution in [-0.2, 0) is 9.59 Å². The summed E-state index contributed by atoms with van der Waals surface area (Å²) in [6.45, 7) is 5.27. The molecule has 0 radical (unpaired) electrons. The summed E-state index contributed by atoms with van der Waals surface area (Å²) >= 11 is 0. The van der Waals surface area contributed by atoms with Gasteiger partial charge in [0.1, 0.15) is 0 Å². The Morgan fingerprint density at radius 1 is 1.35 bits per heavy atom. The lowest BCUT2D eigenvalue weighted by Crippen LogP contribution is -2.30. The molecule has 1 aromatic rings. The van der Waals surface area contributed by atoms with Crippen molar-refractivity contribution in [2.45, 2.75) is 33.4 Å². The number of amides is 1. The highest BCUT2D eigenvalue weighted by atomic mass is 19.1. The van der Waals surface area contributed by atoms with E-state index >= 15 is 0 Å². The fraction of sp³-hybridized carbons (Fsp3) is 0.385. The average Bonchev–Trinajstić information content (AvgIpc) is 2.30. The average molecular weight is 237 g/mol. The van der Waals surface area contributed by atoms with E-state index < -0.39 is 17.9 Å². The molecule has 1 aromatic carbocycles. The molecule has 92 valence electrons. The number of benzene rings is 1. The lowest BCUT2D eigenvalue weighted by Gasteiger charge is -2.09. The third-order valence-corrected chi connectivity index (χ3v) is 2.50. The molecule has 1 atom stereocenters. The van der Waals surface area contributed by atoms with Crippen molar-refractivity contribution >= 4 is 17.4 Å². The predicted octanol–water partition coefficient (Wildman–Crippen LogP) is 2.56. The van der Waals surface area contributed by atoms with Crippen molar-refractivity contribution in [3.63, 3.8) is 0 Å². The molecule has 0 spiro atoms. The van der Waals surface area contributed by atoms with Crippen LogP contribution in [-0.4, -0.2) is 17.9 Å². The summed E-state index contributed by atoms with van der Waals surface area (Å²) in [7, 11) is 0. The molecule has 0 heterocycles. The second-order valence-corrected chi connectivity index (χ2v) is 4.01. The number of anilines is 1. The molecule has 1 unspecified atom stereocenters. The Balaban J connectivity index is 2.78. The van der Waals surface area contributed by atoms with E-state index in [-0.39, 0.29) is 6.42 Å². The number of rotatable bonds is 4. The number of hydrogen-bond acceptors (Lipinski definition) is 2. The topological polar surface area (TPSA) is 46.2 Å². The van der Waals surface area contributed by atoms with E-state index in [1.165, 1.54) is 6.92 Å². The van der Waals surface area contributed by atoms with Crippen LogP contribution in [0.3, 0.4) is 0 Å². The minimum absolute atomic E-state index is 0.0130.